The molecule has 0 aliphatic heterocycles. The highest BCUT2D eigenvalue weighted by Crippen LogP contribution is 2.34. The number of esters is 1. The van der Waals surface area contributed by atoms with Gasteiger partial charge in [0.15, 0.2) is 0 Å². The highest BCUT2D eigenvalue weighted by atomic mass is 19.4. The molecule has 0 aliphatic rings. The van der Waals surface area contributed by atoms with Gasteiger partial charge < -0.3 is 4.74 Å². The average Bonchev–Trinajstić information content (AvgIpc) is 2.31. The van der Waals surface area contributed by atoms with Crippen molar-refractivity contribution in [2.45, 2.75) is 32.4 Å². The molecule has 1 rings (SSSR count). The molecular formula is C13H14F4O2. The molecule has 0 radical (unpaired) electrons. The predicted octanol–water partition coefficient (Wildman–Crippen LogP) is 3.90. The molecule has 2 nitrogen and oxygen atoms in total. The third kappa shape index (κ3) is 3.68. The van der Waals surface area contributed by atoms with Crippen molar-refractivity contribution in [3.8, 4) is 0 Å². The summed E-state index contributed by atoms with van der Waals surface area (Å²) < 4.78 is 55.7. The molecule has 106 valence electrons. The van der Waals surface area contributed by atoms with Gasteiger partial charge in [-0.15, -0.1) is 0 Å². The van der Waals surface area contributed by atoms with Crippen LogP contribution in [0.1, 0.15) is 37.3 Å². The van der Waals surface area contributed by atoms with Gasteiger partial charge in [-0.05, 0) is 31.0 Å². The minimum atomic E-state index is -4.78. The van der Waals surface area contributed by atoms with E-state index >= 15 is 0 Å². The van der Waals surface area contributed by atoms with Crippen molar-refractivity contribution in [2.75, 3.05) is 6.61 Å². The minimum absolute atomic E-state index is 0.106. The van der Waals surface area contributed by atoms with Crippen LogP contribution in [-0.4, -0.2) is 12.6 Å². The fourth-order valence-corrected chi connectivity index (χ4v) is 1.76. The van der Waals surface area contributed by atoms with E-state index in [9.17, 15) is 22.4 Å². The smallest absolute Gasteiger partial charge is 0.419 e. The minimum Gasteiger partial charge on any atom is -0.466 e. The van der Waals surface area contributed by atoms with Gasteiger partial charge in [0.1, 0.15) is 5.82 Å². The van der Waals surface area contributed by atoms with E-state index in [0.29, 0.717) is 6.07 Å². The Balaban J connectivity index is 3.16. The zero-order valence-corrected chi connectivity index (χ0v) is 10.6. The fraction of sp³-hybridized carbons (Fsp3) is 0.462. The Bertz CT molecular complexity index is 454. The first-order valence-electron chi connectivity index (χ1n) is 5.84. The Morgan fingerprint density at radius 1 is 1.32 bits per heavy atom. The molecule has 0 saturated carbocycles. The largest absolute Gasteiger partial charge is 0.466 e. The molecule has 1 aromatic carbocycles. The maximum absolute atomic E-state index is 13.1. The van der Waals surface area contributed by atoms with Crippen LogP contribution in [0.4, 0.5) is 17.6 Å². The number of halogens is 4. The Kier molecular flexibility index (Phi) is 4.91. The molecule has 6 heteroatoms. The predicted molar refractivity (Wildman–Crippen MR) is 61.1 cm³/mol. The first-order valence-corrected chi connectivity index (χ1v) is 5.84. The summed E-state index contributed by atoms with van der Waals surface area (Å²) in [5.41, 5.74) is -1.26. The van der Waals surface area contributed by atoms with Crippen molar-refractivity contribution >= 4 is 5.97 Å². The Hall–Kier alpha value is -1.59. The number of hydrogen-bond donors (Lipinski definition) is 0. The van der Waals surface area contributed by atoms with E-state index in [-0.39, 0.29) is 18.6 Å². The van der Waals surface area contributed by atoms with Gasteiger partial charge in [-0.25, -0.2) is 4.39 Å². The number of benzene rings is 1. The summed E-state index contributed by atoms with van der Waals surface area (Å²) in [4.78, 5) is 11.6. The molecule has 1 aromatic rings. The Morgan fingerprint density at radius 2 is 1.95 bits per heavy atom. The Morgan fingerprint density at radius 3 is 2.42 bits per heavy atom. The lowest BCUT2D eigenvalue weighted by Gasteiger charge is -2.16. The van der Waals surface area contributed by atoms with Gasteiger partial charge in [0, 0.05) is 0 Å². The van der Waals surface area contributed by atoms with Crippen LogP contribution in [0.2, 0.25) is 0 Å². The summed E-state index contributed by atoms with van der Waals surface area (Å²) in [7, 11) is 0. The second-order valence-electron chi connectivity index (χ2n) is 3.95. The number of rotatable bonds is 4. The fourth-order valence-electron chi connectivity index (χ4n) is 1.76. The summed E-state index contributed by atoms with van der Waals surface area (Å²) in [5, 5.41) is 0. The first kappa shape index (κ1) is 15.5. The van der Waals surface area contributed by atoms with Crippen LogP contribution in [0.15, 0.2) is 18.2 Å². The quantitative estimate of drug-likeness (QED) is 0.616. The van der Waals surface area contributed by atoms with Gasteiger partial charge in [-0.1, -0.05) is 13.0 Å². The molecule has 0 aliphatic carbocycles. The van der Waals surface area contributed by atoms with Crippen LogP contribution >= 0.6 is 0 Å². The zero-order valence-electron chi connectivity index (χ0n) is 10.6. The average molecular weight is 278 g/mol. The molecule has 0 saturated heterocycles. The van der Waals surface area contributed by atoms with Gasteiger partial charge >= 0.3 is 12.1 Å². The van der Waals surface area contributed by atoms with Crippen LogP contribution < -0.4 is 0 Å². The molecule has 1 unspecified atom stereocenters. The van der Waals surface area contributed by atoms with E-state index in [1.165, 1.54) is 6.07 Å². The SMILES string of the molecule is CCOC(=O)C(CC)c1ccc(F)c(C(F)(F)F)c1. The topological polar surface area (TPSA) is 26.3 Å². The van der Waals surface area contributed by atoms with Crippen LogP contribution in [0.3, 0.4) is 0 Å². The van der Waals surface area contributed by atoms with Crippen molar-refractivity contribution in [1.29, 1.82) is 0 Å². The van der Waals surface area contributed by atoms with Crippen molar-refractivity contribution in [3.63, 3.8) is 0 Å². The third-order valence-corrected chi connectivity index (χ3v) is 2.68. The van der Waals surface area contributed by atoms with Gasteiger partial charge in [-0.2, -0.15) is 13.2 Å². The molecular weight excluding hydrogens is 264 g/mol. The molecule has 19 heavy (non-hydrogen) atoms. The van der Waals surface area contributed by atoms with Gasteiger partial charge in [0.2, 0.25) is 0 Å². The number of carbonyl (C=O) groups excluding carboxylic acids is 1. The lowest BCUT2D eigenvalue weighted by atomic mass is 9.94. The van der Waals surface area contributed by atoms with E-state index in [1.54, 1.807) is 13.8 Å². The van der Waals surface area contributed by atoms with E-state index in [4.69, 9.17) is 4.74 Å². The van der Waals surface area contributed by atoms with Crippen LogP contribution in [0.25, 0.3) is 0 Å². The number of carbonyl (C=O) groups is 1. The van der Waals surface area contributed by atoms with E-state index in [2.05, 4.69) is 0 Å². The van der Waals surface area contributed by atoms with E-state index < -0.39 is 29.4 Å². The molecule has 0 bridgehead atoms. The second kappa shape index (κ2) is 6.04. The number of hydrogen-bond acceptors (Lipinski definition) is 2. The van der Waals surface area contributed by atoms with Crippen LogP contribution in [-0.2, 0) is 15.7 Å². The summed E-state index contributed by atoms with van der Waals surface area (Å²) in [6.45, 7) is 3.40. The first-order chi connectivity index (χ1) is 8.81. The molecule has 0 fully saturated rings. The highest BCUT2D eigenvalue weighted by molar-refractivity contribution is 5.78. The number of alkyl halides is 3. The maximum Gasteiger partial charge on any atom is 0.419 e. The van der Waals surface area contributed by atoms with Gasteiger partial charge in [-0.3, -0.25) is 4.79 Å². The van der Waals surface area contributed by atoms with Crippen molar-refractivity contribution in [3.05, 3.63) is 35.1 Å². The summed E-state index contributed by atoms with van der Waals surface area (Å²) in [5.74, 6) is -2.78. The van der Waals surface area contributed by atoms with Gasteiger partial charge in [0.25, 0.3) is 0 Å². The summed E-state index contributed by atoms with van der Waals surface area (Å²) in [6.07, 6.45) is -4.51. The lowest BCUT2D eigenvalue weighted by molar-refractivity contribution is -0.145. The molecule has 0 amide bonds. The molecule has 0 N–H and O–H groups in total. The third-order valence-electron chi connectivity index (χ3n) is 2.68. The second-order valence-corrected chi connectivity index (χ2v) is 3.95. The van der Waals surface area contributed by atoms with Gasteiger partial charge in [0.05, 0.1) is 18.1 Å². The highest BCUT2D eigenvalue weighted by Gasteiger charge is 2.35. The van der Waals surface area contributed by atoms with Crippen LogP contribution in [0.5, 0.6) is 0 Å². The molecule has 0 aromatic heterocycles. The molecule has 1 atom stereocenters. The maximum atomic E-state index is 13.1. The zero-order chi connectivity index (χ0) is 14.6. The van der Waals surface area contributed by atoms with Crippen molar-refractivity contribution < 1.29 is 27.1 Å². The van der Waals surface area contributed by atoms with Crippen LogP contribution in [0, 0.1) is 5.82 Å². The Labute approximate surface area is 108 Å². The van der Waals surface area contributed by atoms with E-state index in [1.807, 2.05) is 0 Å². The molecule has 0 spiro atoms. The monoisotopic (exact) mass is 278 g/mol. The number of ether oxygens (including phenoxy) is 1. The standard InChI is InChI=1S/C13H14F4O2/c1-3-9(12(18)19-4-2)8-5-6-11(14)10(7-8)13(15,16)17/h5-7,9H,3-4H2,1-2H3. The summed E-state index contributed by atoms with van der Waals surface area (Å²) in [6, 6.07) is 2.57. The van der Waals surface area contributed by atoms with Crippen molar-refractivity contribution in [1.82, 2.24) is 0 Å². The normalized spacial score (nSPS) is 13.2. The van der Waals surface area contributed by atoms with Crippen molar-refractivity contribution in [2.24, 2.45) is 0 Å². The lowest BCUT2D eigenvalue weighted by Crippen LogP contribution is -2.17. The van der Waals surface area contributed by atoms with E-state index in [0.717, 1.165) is 6.07 Å². The molecule has 0 heterocycles. The summed E-state index contributed by atoms with van der Waals surface area (Å²) >= 11 is 0.